The number of anilines is 1. The molecule has 1 N–H and O–H groups in total. The minimum Gasteiger partial charge on any atom is -0.375 e. The number of nitrogens with one attached hydrogen (secondary N) is 1. The highest BCUT2D eigenvalue weighted by Gasteiger charge is 2.12. The van der Waals surface area contributed by atoms with Crippen LogP contribution in [0, 0.1) is 6.92 Å². The molecule has 5 heteroatoms. The monoisotopic (exact) mass is 332 g/mol. The van der Waals surface area contributed by atoms with Crippen molar-refractivity contribution in [3.63, 3.8) is 0 Å². The minimum absolute atomic E-state index is 0.0496. The Morgan fingerprint density at radius 1 is 1.50 bits per heavy atom. The van der Waals surface area contributed by atoms with Gasteiger partial charge in [-0.05, 0) is 54.4 Å². The Labute approximate surface area is 122 Å². The number of rotatable bonds is 4. The lowest BCUT2D eigenvalue weighted by Gasteiger charge is -2.22. The van der Waals surface area contributed by atoms with Gasteiger partial charge < -0.3 is 10.2 Å². The Morgan fingerprint density at radius 2 is 2.11 bits per heavy atom. The summed E-state index contributed by atoms with van der Waals surface area (Å²) in [5, 5.41) is 3.78. The summed E-state index contributed by atoms with van der Waals surface area (Å²) in [4.78, 5) is 13.5. The van der Waals surface area contributed by atoms with Gasteiger partial charge in [-0.25, -0.2) is 0 Å². The number of nitrogens with zero attached hydrogens (tertiary/aromatic N) is 1. The number of benzene rings is 1. The Hall–Kier alpha value is -0.740. The fourth-order valence-corrected chi connectivity index (χ4v) is 2.13. The molecule has 0 aliphatic rings. The summed E-state index contributed by atoms with van der Waals surface area (Å²) in [6.07, 6.45) is 0. The molecular weight excluding hydrogens is 316 g/mol. The molecule has 0 aliphatic carbocycles. The molecule has 0 heterocycles. The van der Waals surface area contributed by atoms with Crippen LogP contribution in [-0.2, 0) is 4.79 Å². The van der Waals surface area contributed by atoms with E-state index >= 15 is 0 Å². The van der Waals surface area contributed by atoms with Gasteiger partial charge in [-0.2, -0.15) is 0 Å². The van der Waals surface area contributed by atoms with Gasteiger partial charge in [0.1, 0.15) is 0 Å². The van der Waals surface area contributed by atoms with E-state index in [4.69, 9.17) is 11.6 Å². The van der Waals surface area contributed by atoms with Gasteiger partial charge in [0, 0.05) is 22.6 Å². The van der Waals surface area contributed by atoms with Gasteiger partial charge in [-0.15, -0.1) is 0 Å². The normalized spacial score (nSPS) is 10.6. The lowest BCUT2D eigenvalue weighted by molar-refractivity contribution is -0.129. The van der Waals surface area contributed by atoms with E-state index in [-0.39, 0.29) is 18.5 Å². The van der Waals surface area contributed by atoms with Crippen LogP contribution < -0.4 is 5.32 Å². The number of aryl methyl sites for hydroxylation is 1. The predicted molar refractivity (Wildman–Crippen MR) is 80.3 cm³/mol. The van der Waals surface area contributed by atoms with Crippen LogP contribution in [0.3, 0.4) is 0 Å². The van der Waals surface area contributed by atoms with Gasteiger partial charge in [0.25, 0.3) is 0 Å². The first-order chi connectivity index (χ1) is 8.32. The molecule has 1 aromatic carbocycles. The molecule has 3 nitrogen and oxygen atoms in total. The van der Waals surface area contributed by atoms with Crippen molar-refractivity contribution < 1.29 is 4.79 Å². The molecule has 0 unspecified atom stereocenters. The summed E-state index contributed by atoms with van der Waals surface area (Å²) in [6, 6.07) is 3.95. The van der Waals surface area contributed by atoms with E-state index in [1.54, 1.807) is 11.9 Å². The lowest BCUT2D eigenvalue weighted by atomic mass is 10.2. The Kier molecular flexibility index (Phi) is 5.47. The van der Waals surface area contributed by atoms with E-state index in [1.165, 1.54) is 0 Å². The molecule has 0 spiro atoms. The molecule has 0 bridgehead atoms. The summed E-state index contributed by atoms with van der Waals surface area (Å²) >= 11 is 9.51. The van der Waals surface area contributed by atoms with Crippen LogP contribution in [0.5, 0.6) is 0 Å². The smallest absolute Gasteiger partial charge is 0.241 e. The van der Waals surface area contributed by atoms with Crippen LogP contribution in [0.15, 0.2) is 16.6 Å². The third kappa shape index (κ3) is 3.89. The third-order valence-electron chi connectivity index (χ3n) is 2.85. The van der Waals surface area contributed by atoms with E-state index in [0.717, 1.165) is 15.7 Å². The molecule has 100 valence electrons. The average molecular weight is 334 g/mol. The molecule has 0 atom stereocenters. The molecule has 0 radical (unpaired) electrons. The molecule has 0 saturated carbocycles. The molecule has 1 amide bonds. The maximum Gasteiger partial charge on any atom is 0.241 e. The van der Waals surface area contributed by atoms with Crippen molar-refractivity contribution in [1.82, 2.24) is 4.90 Å². The van der Waals surface area contributed by atoms with Crippen molar-refractivity contribution in [2.24, 2.45) is 0 Å². The standard InChI is InChI=1S/C13H18BrClN2O/c1-8(2)17(4)13(18)7-16-12-6-11(15)9(3)5-10(12)14/h5-6,8,16H,7H2,1-4H3. The Balaban J connectivity index is 2.70. The Morgan fingerprint density at radius 3 is 2.67 bits per heavy atom. The molecule has 18 heavy (non-hydrogen) atoms. The quantitative estimate of drug-likeness (QED) is 0.911. The lowest BCUT2D eigenvalue weighted by Crippen LogP contribution is -2.37. The maximum atomic E-state index is 11.8. The minimum atomic E-state index is 0.0496. The zero-order valence-electron chi connectivity index (χ0n) is 11.1. The molecule has 1 rings (SSSR count). The van der Waals surface area contributed by atoms with Crippen molar-refractivity contribution in [2.45, 2.75) is 26.8 Å². The highest BCUT2D eigenvalue weighted by atomic mass is 79.9. The van der Waals surface area contributed by atoms with Gasteiger partial charge in [0.05, 0.1) is 12.2 Å². The van der Waals surface area contributed by atoms with E-state index < -0.39 is 0 Å². The number of hydrogen-bond donors (Lipinski definition) is 1. The van der Waals surface area contributed by atoms with Crippen LogP contribution in [0.25, 0.3) is 0 Å². The van der Waals surface area contributed by atoms with Crippen LogP contribution in [0.4, 0.5) is 5.69 Å². The first-order valence-corrected chi connectivity index (χ1v) is 6.95. The number of likely N-dealkylation sites (N-methyl/N-ethyl adjacent to an activating group) is 1. The van der Waals surface area contributed by atoms with Crippen molar-refractivity contribution in [2.75, 3.05) is 18.9 Å². The molecule has 0 aromatic heterocycles. The van der Waals surface area contributed by atoms with Gasteiger partial charge in [-0.1, -0.05) is 11.6 Å². The second-order valence-corrected chi connectivity index (χ2v) is 5.79. The topological polar surface area (TPSA) is 32.3 Å². The first-order valence-electron chi connectivity index (χ1n) is 5.78. The number of amides is 1. The van der Waals surface area contributed by atoms with Crippen molar-refractivity contribution in [3.05, 3.63) is 27.2 Å². The Bertz CT molecular complexity index is 449. The highest BCUT2D eigenvalue weighted by Crippen LogP contribution is 2.28. The zero-order valence-corrected chi connectivity index (χ0v) is 13.4. The highest BCUT2D eigenvalue weighted by molar-refractivity contribution is 9.10. The number of halogens is 2. The van der Waals surface area contributed by atoms with Crippen molar-refractivity contribution in [3.8, 4) is 0 Å². The summed E-state index contributed by atoms with van der Waals surface area (Å²) in [6.45, 7) is 6.16. The predicted octanol–water partition coefficient (Wildman–Crippen LogP) is 3.69. The summed E-state index contributed by atoms with van der Waals surface area (Å²) in [5.74, 6) is 0.0496. The van der Waals surface area contributed by atoms with Gasteiger partial charge in [0.2, 0.25) is 5.91 Å². The van der Waals surface area contributed by atoms with Crippen LogP contribution in [0.1, 0.15) is 19.4 Å². The van der Waals surface area contributed by atoms with E-state index in [2.05, 4.69) is 21.2 Å². The third-order valence-corrected chi connectivity index (χ3v) is 3.91. The van der Waals surface area contributed by atoms with Crippen LogP contribution in [-0.4, -0.2) is 30.4 Å². The van der Waals surface area contributed by atoms with Gasteiger partial charge >= 0.3 is 0 Å². The molecule has 1 aromatic rings. The van der Waals surface area contributed by atoms with Crippen LogP contribution in [0.2, 0.25) is 5.02 Å². The van der Waals surface area contributed by atoms with E-state index in [1.807, 2.05) is 32.9 Å². The second-order valence-electron chi connectivity index (χ2n) is 4.53. The second kappa shape index (κ2) is 6.43. The van der Waals surface area contributed by atoms with Crippen LogP contribution >= 0.6 is 27.5 Å². The zero-order chi connectivity index (χ0) is 13.9. The van der Waals surface area contributed by atoms with Crippen molar-refractivity contribution in [1.29, 1.82) is 0 Å². The fraction of sp³-hybridized carbons (Fsp3) is 0.462. The number of carbonyl (C=O) groups excluding carboxylic acids is 1. The number of hydrogen-bond acceptors (Lipinski definition) is 2. The first kappa shape index (κ1) is 15.3. The SMILES string of the molecule is Cc1cc(Br)c(NCC(=O)N(C)C(C)C)cc1Cl. The van der Waals surface area contributed by atoms with Crippen molar-refractivity contribution >= 4 is 39.1 Å². The molecule has 0 fully saturated rings. The summed E-state index contributed by atoms with van der Waals surface area (Å²) in [5.41, 5.74) is 1.83. The number of carbonyl (C=O) groups is 1. The molecule has 0 saturated heterocycles. The van der Waals surface area contributed by atoms with Gasteiger partial charge in [0.15, 0.2) is 0 Å². The molecule has 0 aliphatic heterocycles. The largest absolute Gasteiger partial charge is 0.375 e. The maximum absolute atomic E-state index is 11.8. The summed E-state index contributed by atoms with van der Waals surface area (Å²) < 4.78 is 0.907. The summed E-state index contributed by atoms with van der Waals surface area (Å²) in [7, 11) is 1.80. The fourth-order valence-electron chi connectivity index (χ4n) is 1.37. The van der Waals surface area contributed by atoms with E-state index in [9.17, 15) is 4.79 Å². The van der Waals surface area contributed by atoms with Gasteiger partial charge in [-0.3, -0.25) is 4.79 Å². The van der Waals surface area contributed by atoms with E-state index in [0.29, 0.717) is 5.02 Å². The average Bonchev–Trinajstić information content (AvgIpc) is 2.30. The molecular formula is C13H18BrClN2O.